The maximum Gasteiger partial charge on any atom is 0.407 e. The molecule has 0 saturated carbocycles. The van der Waals surface area contributed by atoms with Gasteiger partial charge >= 0.3 is 6.09 Å². The average molecular weight is 372 g/mol. The van der Waals surface area contributed by atoms with Gasteiger partial charge in [-0.3, -0.25) is 4.90 Å². The summed E-state index contributed by atoms with van der Waals surface area (Å²) in [5, 5.41) is 17.9. The highest BCUT2D eigenvalue weighted by molar-refractivity contribution is 7.90. The molecule has 1 aromatic rings. The van der Waals surface area contributed by atoms with Crippen LogP contribution in [0, 0.1) is 11.3 Å². The molecule has 2 atom stereocenters. The third-order valence-electron chi connectivity index (χ3n) is 4.27. The SMILES string of the molecule is CS(=O)(=O)c1nc(Cl)c(C#N)c(N2CC3CCC(C2)N3C(=O)O)n1. The summed E-state index contributed by atoms with van der Waals surface area (Å²) < 4.78 is 23.5. The van der Waals surface area contributed by atoms with Crippen molar-refractivity contribution >= 4 is 33.3 Å². The molecule has 2 fully saturated rings. The third-order valence-corrected chi connectivity index (χ3v) is 5.39. The van der Waals surface area contributed by atoms with E-state index in [1.165, 1.54) is 4.90 Å². The number of aromatic nitrogens is 2. The van der Waals surface area contributed by atoms with Gasteiger partial charge in [-0.1, -0.05) is 11.6 Å². The molecule has 2 unspecified atom stereocenters. The van der Waals surface area contributed by atoms with Crippen LogP contribution in [0.1, 0.15) is 18.4 Å². The van der Waals surface area contributed by atoms with Crippen LogP contribution in [0.15, 0.2) is 5.16 Å². The molecule has 3 heterocycles. The van der Waals surface area contributed by atoms with Gasteiger partial charge in [-0.25, -0.2) is 18.2 Å². The van der Waals surface area contributed by atoms with E-state index < -0.39 is 21.1 Å². The van der Waals surface area contributed by atoms with Crippen molar-refractivity contribution in [3.63, 3.8) is 0 Å². The number of carbonyl (C=O) groups is 1. The molecular weight excluding hydrogens is 358 g/mol. The van der Waals surface area contributed by atoms with E-state index in [2.05, 4.69) is 9.97 Å². The topological polar surface area (TPSA) is 127 Å². The molecule has 1 amide bonds. The predicted molar refractivity (Wildman–Crippen MR) is 83.8 cm³/mol. The Labute approximate surface area is 143 Å². The third kappa shape index (κ3) is 2.74. The lowest BCUT2D eigenvalue weighted by atomic mass is 10.2. The largest absolute Gasteiger partial charge is 0.465 e. The highest BCUT2D eigenvalue weighted by Crippen LogP contribution is 2.34. The number of hydrogen-bond acceptors (Lipinski definition) is 7. The smallest absolute Gasteiger partial charge is 0.407 e. The molecule has 1 N–H and O–H groups in total. The molecule has 2 aliphatic heterocycles. The van der Waals surface area contributed by atoms with E-state index in [0.717, 1.165) is 6.26 Å². The fraction of sp³-hybridized carbons (Fsp3) is 0.538. The number of piperazine rings is 1. The Morgan fingerprint density at radius 3 is 2.38 bits per heavy atom. The molecule has 11 heteroatoms. The average Bonchev–Trinajstić information content (AvgIpc) is 2.76. The van der Waals surface area contributed by atoms with Gasteiger partial charge in [0.15, 0.2) is 11.0 Å². The minimum absolute atomic E-state index is 0.00718. The van der Waals surface area contributed by atoms with E-state index in [-0.39, 0.29) is 28.6 Å². The number of amides is 1. The van der Waals surface area contributed by atoms with E-state index in [9.17, 15) is 23.6 Å². The zero-order valence-electron chi connectivity index (χ0n) is 12.7. The normalized spacial score (nSPS) is 23.2. The number of anilines is 1. The maximum absolute atomic E-state index is 11.7. The van der Waals surface area contributed by atoms with Crippen molar-refractivity contribution < 1.29 is 18.3 Å². The van der Waals surface area contributed by atoms with Crippen molar-refractivity contribution in [2.45, 2.75) is 30.1 Å². The molecule has 2 bridgehead atoms. The first kappa shape index (κ1) is 16.7. The van der Waals surface area contributed by atoms with Crippen LogP contribution in [0.2, 0.25) is 5.15 Å². The number of hydrogen-bond donors (Lipinski definition) is 1. The summed E-state index contributed by atoms with van der Waals surface area (Å²) in [5.74, 6) is 0.139. The lowest BCUT2D eigenvalue weighted by Gasteiger charge is -2.40. The molecule has 24 heavy (non-hydrogen) atoms. The van der Waals surface area contributed by atoms with Crippen LogP contribution >= 0.6 is 11.6 Å². The Bertz CT molecular complexity index is 839. The van der Waals surface area contributed by atoms with E-state index in [1.54, 1.807) is 4.90 Å². The van der Waals surface area contributed by atoms with Crippen LogP contribution in [0.4, 0.5) is 10.6 Å². The van der Waals surface area contributed by atoms with Crippen molar-refractivity contribution in [3.05, 3.63) is 10.7 Å². The van der Waals surface area contributed by atoms with Crippen LogP contribution in [0.25, 0.3) is 0 Å². The molecule has 0 radical (unpaired) electrons. The van der Waals surface area contributed by atoms with Crippen LogP contribution in [0.5, 0.6) is 0 Å². The van der Waals surface area contributed by atoms with Gasteiger partial charge in [-0.05, 0) is 12.8 Å². The molecule has 9 nitrogen and oxygen atoms in total. The van der Waals surface area contributed by atoms with Crippen molar-refractivity contribution in [1.29, 1.82) is 5.26 Å². The highest BCUT2D eigenvalue weighted by atomic mass is 35.5. The fourth-order valence-corrected chi connectivity index (χ4v) is 4.05. The number of nitrogens with zero attached hydrogens (tertiary/aromatic N) is 5. The quantitative estimate of drug-likeness (QED) is 0.595. The number of sulfone groups is 1. The molecule has 0 aromatic carbocycles. The molecule has 2 saturated heterocycles. The highest BCUT2D eigenvalue weighted by Gasteiger charge is 2.43. The second-order valence-corrected chi connectivity index (χ2v) is 8.13. The molecule has 1 aromatic heterocycles. The Balaban J connectivity index is 2.03. The Morgan fingerprint density at radius 2 is 1.92 bits per heavy atom. The molecule has 3 rings (SSSR count). The van der Waals surface area contributed by atoms with Crippen molar-refractivity contribution in [2.24, 2.45) is 0 Å². The van der Waals surface area contributed by atoms with Gasteiger partial charge < -0.3 is 10.0 Å². The minimum Gasteiger partial charge on any atom is -0.465 e. The first-order valence-electron chi connectivity index (χ1n) is 7.16. The molecular formula is C13H14ClN5O4S. The molecule has 2 aliphatic rings. The lowest BCUT2D eigenvalue weighted by molar-refractivity contribution is 0.114. The summed E-state index contributed by atoms with van der Waals surface area (Å²) in [6.07, 6.45) is 1.42. The molecule has 0 aliphatic carbocycles. The minimum atomic E-state index is -3.69. The number of carboxylic acid groups (broad SMARTS) is 1. The van der Waals surface area contributed by atoms with Gasteiger partial charge in [-0.15, -0.1) is 0 Å². The first-order chi connectivity index (χ1) is 11.2. The number of nitriles is 1. The van der Waals surface area contributed by atoms with Crippen LogP contribution in [-0.4, -0.2) is 65.9 Å². The summed E-state index contributed by atoms with van der Waals surface area (Å²) in [4.78, 5) is 22.2. The summed E-state index contributed by atoms with van der Waals surface area (Å²) >= 11 is 5.96. The second kappa shape index (κ2) is 5.75. The number of rotatable bonds is 2. The van der Waals surface area contributed by atoms with Gasteiger partial charge in [0, 0.05) is 19.3 Å². The van der Waals surface area contributed by atoms with Crippen molar-refractivity contribution in [2.75, 3.05) is 24.2 Å². The lowest BCUT2D eigenvalue weighted by Crippen LogP contribution is -2.56. The van der Waals surface area contributed by atoms with Gasteiger partial charge in [0.25, 0.3) is 0 Å². The second-order valence-electron chi connectivity index (χ2n) is 5.86. The summed E-state index contributed by atoms with van der Waals surface area (Å²) in [6, 6.07) is 1.46. The van der Waals surface area contributed by atoms with Gasteiger partial charge in [0.2, 0.25) is 15.0 Å². The zero-order chi connectivity index (χ0) is 17.6. The van der Waals surface area contributed by atoms with E-state index in [0.29, 0.717) is 25.9 Å². The van der Waals surface area contributed by atoms with Crippen LogP contribution in [0.3, 0.4) is 0 Å². The van der Waals surface area contributed by atoms with Gasteiger partial charge in [-0.2, -0.15) is 10.2 Å². The maximum atomic E-state index is 11.7. The van der Waals surface area contributed by atoms with Crippen molar-refractivity contribution in [3.8, 4) is 6.07 Å². The van der Waals surface area contributed by atoms with Gasteiger partial charge in [0.1, 0.15) is 11.6 Å². The fourth-order valence-electron chi connectivity index (χ4n) is 3.28. The number of halogens is 1. The summed E-state index contributed by atoms with van der Waals surface area (Å²) in [5.41, 5.74) is -0.00718. The van der Waals surface area contributed by atoms with E-state index >= 15 is 0 Å². The summed E-state index contributed by atoms with van der Waals surface area (Å²) in [7, 11) is -3.69. The Hall–Kier alpha value is -2.12. The summed E-state index contributed by atoms with van der Waals surface area (Å²) in [6.45, 7) is 0.655. The molecule has 128 valence electrons. The van der Waals surface area contributed by atoms with Crippen molar-refractivity contribution in [1.82, 2.24) is 14.9 Å². The monoisotopic (exact) mass is 371 g/mol. The Kier molecular flexibility index (Phi) is 4.01. The Morgan fingerprint density at radius 1 is 1.33 bits per heavy atom. The van der Waals surface area contributed by atoms with Gasteiger partial charge in [0.05, 0.1) is 12.1 Å². The van der Waals surface area contributed by atoms with Crippen LogP contribution < -0.4 is 4.90 Å². The zero-order valence-corrected chi connectivity index (χ0v) is 14.2. The standard InChI is InChI=1S/C13H14ClN5O4S/c1-24(22,23)12-16-10(14)9(4-15)11(17-12)18-5-7-2-3-8(6-18)19(7)13(20)21/h7-8H,2-3,5-6H2,1H3,(H,20,21). The molecule has 0 spiro atoms. The predicted octanol–water partition coefficient (Wildman–Crippen LogP) is 0.736. The van der Waals surface area contributed by atoms with E-state index in [1.807, 2.05) is 6.07 Å². The van der Waals surface area contributed by atoms with Crippen LogP contribution in [-0.2, 0) is 9.84 Å². The first-order valence-corrected chi connectivity index (χ1v) is 9.43. The van der Waals surface area contributed by atoms with E-state index in [4.69, 9.17) is 11.6 Å². The number of fused-ring (bicyclic) bond motifs is 2.